The molecule has 0 radical (unpaired) electrons. The highest BCUT2D eigenvalue weighted by molar-refractivity contribution is 7.10. The van der Waals surface area contributed by atoms with Gasteiger partial charge in [0.05, 0.1) is 5.02 Å². The molecule has 1 heterocycles. The standard InChI is InChI=1S/C15H16ClF2NS/c1-3-19-13(15-14(16)9(2)8-20-15)6-10-4-5-11(17)7-12(10)18/h4-5,7-8,13,19H,3,6H2,1-2H3. The van der Waals surface area contributed by atoms with Crippen LogP contribution in [0, 0.1) is 18.6 Å². The van der Waals surface area contributed by atoms with Gasteiger partial charge in [0, 0.05) is 17.0 Å². The minimum absolute atomic E-state index is 0.0637. The Morgan fingerprint density at radius 1 is 1.35 bits per heavy atom. The maximum Gasteiger partial charge on any atom is 0.129 e. The van der Waals surface area contributed by atoms with Gasteiger partial charge in [0.15, 0.2) is 0 Å². The van der Waals surface area contributed by atoms with Gasteiger partial charge in [-0.3, -0.25) is 0 Å². The average molecular weight is 316 g/mol. The molecule has 1 atom stereocenters. The zero-order valence-corrected chi connectivity index (χ0v) is 12.9. The van der Waals surface area contributed by atoms with Crippen molar-refractivity contribution in [3.63, 3.8) is 0 Å². The smallest absolute Gasteiger partial charge is 0.129 e. The zero-order chi connectivity index (χ0) is 14.7. The molecular weight excluding hydrogens is 300 g/mol. The van der Waals surface area contributed by atoms with Gasteiger partial charge in [-0.1, -0.05) is 24.6 Å². The van der Waals surface area contributed by atoms with Crippen molar-refractivity contribution in [2.24, 2.45) is 0 Å². The minimum atomic E-state index is -0.559. The van der Waals surface area contributed by atoms with E-state index in [0.717, 1.165) is 28.1 Å². The first-order valence-corrected chi connectivity index (χ1v) is 7.69. The van der Waals surface area contributed by atoms with Crippen LogP contribution in [0.1, 0.15) is 29.0 Å². The SMILES string of the molecule is CCNC(Cc1ccc(F)cc1F)c1scc(C)c1Cl. The number of hydrogen-bond acceptors (Lipinski definition) is 2. The van der Waals surface area contributed by atoms with E-state index < -0.39 is 11.6 Å². The van der Waals surface area contributed by atoms with E-state index in [0.29, 0.717) is 12.0 Å². The fourth-order valence-electron chi connectivity index (χ4n) is 2.10. The van der Waals surface area contributed by atoms with Gasteiger partial charge in [-0.05, 0) is 42.5 Å². The Morgan fingerprint density at radius 2 is 2.10 bits per heavy atom. The van der Waals surface area contributed by atoms with E-state index in [1.54, 1.807) is 11.3 Å². The summed E-state index contributed by atoms with van der Waals surface area (Å²) < 4.78 is 26.7. The average Bonchev–Trinajstić information content (AvgIpc) is 2.73. The van der Waals surface area contributed by atoms with Crippen LogP contribution in [0.2, 0.25) is 5.02 Å². The predicted molar refractivity (Wildman–Crippen MR) is 80.5 cm³/mol. The molecule has 0 aliphatic rings. The summed E-state index contributed by atoms with van der Waals surface area (Å²) in [7, 11) is 0. The molecule has 0 bridgehead atoms. The minimum Gasteiger partial charge on any atom is -0.309 e. The molecule has 2 aromatic rings. The van der Waals surface area contributed by atoms with Crippen LogP contribution in [0.25, 0.3) is 0 Å². The lowest BCUT2D eigenvalue weighted by molar-refractivity contribution is 0.526. The van der Waals surface area contributed by atoms with Gasteiger partial charge in [-0.15, -0.1) is 11.3 Å². The second-order valence-corrected chi connectivity index (χ2v) is 5.94. The van der Waals surface area contributed by atoms with Crippen molar-refractivity contribution in [2.45, 2.75) is 26.3 Å². The Morgan fingerprint density at radius 3 is 2.65 bits per heavy atom. The van der Waals surface area contributed by atoms with Crippen LogP contribution >= 0.6 is 22.9 Å². The second kappa shape index (κ2) is 6.66. The number of aryl methyl sites for hydroxylation is 1. The maximum absolute atomic E-state index is 13.8. The molecule has 0 aliphatic heterocycles. The van der Waals surface area contributed by atoms with Crippen LogP contribution in [0.5, 0.6) is 0 Å². The monoisotopic (exact) mass is 315 g/mol. The molecule has 108 valence electrons. The predicted octanol–water partition coefficient (Wildman–Crippen LogP) is 4.88. The summed E-state index contributed by atoms with van der Waals surface area (Å²) in [5.74, 6) is -1.08. The molecule has 1 aromatic carbocycles. The molecule has 0 aliphatic carbocycles. The van der Waals surface area contributed by atoms with Gasteiger partial charge < -0.3 is 5.32 Å². The molecular formula is C15H16ClF2NS. The molecule has 1 unspecified atom stereocenters. The van der Waals surface area contributed by atoms with Crippen molar-refractivity contribution in [3.8, 4) is 0 Å². The molecule has 0 saturated carbocycles. The lowest BCUT2D eigenvalue weighted by Crippen LogP contribution is -2.22. The van der Waals surface area contributed by atoms with E-state index in [1.165, 1.54) is 12.1 Å². The van der Waals surface area contributed by atoms with Crippen molar-refractivity contribution >= 4 is 22.9 Å². The zero-order valence-electron chi connectivity index (χ0n) is 11.3. The third kappa shape index (κ3) is 3.37. The van der Waals surface area contributed by atoms with Crippen molar-refractivity contribution in [2.75, 3.05) is 6.54 Å². The number of nitrogens with one attached hydrogen (secondary N) is 1. The molecule has 0 spiro atoms. The summed E-state index contributed by atoms with van der Waals surface area (Å²) in [4.78, 5) is 0.995. The van der Waals surface area contributed by atoms with Gasteiger partial charge in [-0.2, -0.15) is 0 Å². The molecule has 20 heavy (non-hydrogen) atoms. The molecule has 0 saturated heterocycles. The normalized spacial score (nSPS) is 12.7. The van der Waals surface area contributed by atoms with Gasteiger partial charge in [0.2, 0.25) is 0 Å². The third-order valence-electron chi connectivity index (χ3n) is 3.13. The Balaban J connectivity index is 2.28. The summed E-state index contributed by atoms with van der Waals surface area (Å²) in [5.41, 5.74) is 1.51. The van der Waals surface area contributed by atoms with E-state index in [2.05, 4.69) is 5.32 Å². The fraction of sp³-hybridized carbons (Fsp3) is 0.333. The highest BCUT2D eigenvalue weighted by Gasteiger charge is 2.19. The number of likely N-dealkylation sites (N-methyl/N-ethyl adjacent to an activating group) is 1. The third-order valence-corrected chi connectivity index (χ3v) is 4.96. The van der Waals surface area contributed by atoms with Crippen LogP contribution < -0.4 is 5.32 Å². The quantitative estimate of drug-likeness (QED) is 0.829. The summed E-state index contributed by atoms with van der Waals surface area (Å²) in [6.45, 7) is 4.69. The highest BCUT2D eigenvalue weighted by Crippen LogP contribution is 2.34. The molecule has 1 aromatic heterocycles. The molecule has 1 nitrogen and oxygen atoms in total. The molecule has 1 N–H and O–H groups in total. The van der Waals surface area contributed by atoms with E-state index in [-0.39, 0.29) is 6.04 Å². The van der Waals surface area contributed by atoms with Crippen LogP contribution in [0.15, 0.2) is 23.6 Å². The largest absolute Gasteiger partial charge is 0.309 e. The van der Waals surface area contributed by atoms with E-state index in [1.807, 2.05) is 19.2 Å². The first-order valence-electron chi connectivity index (χ1n) is 6.43. The Labute approximate surface area is 126 Å². The second-order valence-electron chi connectivity index (χ2n) is 4.65. The summed E-state index contributed by atoms with van der Waals surface area (Å²) in [5, 5.41) is 6.02. The number of hydrogen-bond donors (Lipinski definition) is 1. The fourth-order valence-corrected chi connectivity index (χ4v) is 3.50. The van der Waals surface area contributed by atoms with Gasteiger partial charge in [-0.25, -0.2) is 8.78 Å². The van der Waals surface area contributed by atoms with Crippen LogP contribution in [-0.2, 0) is 6.42 Å². The summed E-state index contributed by atoms with van der Waals surface area (Å²) >= 11 is 7.85. The molecule has 2 rings (SSSR count). The van der Waals surface area contributed by atoms with Crippen LogP contribution in [-0.4, -0.2) is 6.54 Å². The van der Waals surface area contributed by atoms with E-state index in [4.69, 9.17) is 11.6 Å². The molecule has 0 fully saturated rings. The van der Waals surface area contributed by atoms with Crippen LogP contribution in [0.4, 0.5) is 8.78 Å². The number of halogens is 3. The van der Waals surface area contributed by atoms with E-state index >= 15 is 0 Å². The summed E-state index contributed by atoms with van der Waals surface area (Å²) in [6.07, 6.45) is 0.444. The Bertz CT molecular complexity index is 598. The maximum atomic E-state index is 13.8. The first-order chi connectivity index (χ1) is 9.52. The lowest BCUT2D eigenvalue weighted by atomic mass is 10.0. The Kier molecular flexibility index (Phi) is 5.13. The van der Waals surface area contributed by atoms with Gasteiger partial charge >= 0.3 is 0 Å². The van der Waals surface area contributed by atoms with Crippen molar-refractivity contribution in [3.05, 3.63) is 56.2 Å². The van der Waals surface area contributed by atoms with Crippen molar-refractivity contribution in [1.82, 2.24) is 5.32 Å². The van der Waals surface area contributed by atoms with Crippen LogP contribution in [0.3, 0.4) is 0 Å². The first kappa shape index (κ1) is 15.4. The highest BCUT2D eigenvalue weighted by atomic mass is 35.5. The topological polar surface area (TPSA) is 12.0 Å². The van der Waals surface area contributed by atoms with Gasteiger partial charge in [0.1, 0.15) is 11.6 Å². The van der Waals surface area contributed by atoms with E-state index in [9.17, 15) is 8.78 Å². The molecule has 0 amide bonds. The number of rotatable bonds is 5. The number of benzene rings is 1. The summed E-state index contributed by atoms with van der Waals surface area (Å²) in [6, 6.07) is 3.62. The van der Waals surface area contributed by atoms with Crippen molar-refractivity contribution in [1.29, 1.82) is 0 Å². The number of thiophene rings is 1. The van der Waals surface area contributed by atoms with Gasteiger partial charge in [0.25, 0.3) is 0 Å². The lowest BCUT2D eigenvalue weighted by Gasteiger charge is -2.18. The molecule has 5 heteroatoms. The Hall–Kier alpha value is -0.970. The van der Waals surface area contributed by atoms with Crippen molar-refractivity contribution < 1.29 is 8.78 Å².